The van der Waals surface area contributed by atoms with Crippen LogP contribution in [0.4, 0.5) is 13.2 Å². The van der Waals surface area contributed by atoms with Crippen LogP contribution in [-0.4, -0.2) is 60.4 Å². The van der Waals surface area contributed by atoms with Gasteiger partial charge in [0.2, 0.25) is 5.91 Å². The Labute approximate surface area is 227 Å². The van der Waals surface area contributed by atoms with Gasteiger partial charge in [0.05, 0.1) is 7.11 Å². The molecule has 2 N–H and O–H groups in total. The van der Waals surface area contributed by atoms with Crippen LogP contribution in [0.5, 0.6) is 11.5 Å². The monoisotopic (exact) mass is 550 g/mol. The van der Waals surface area contributed by atoms with Crippen LogP contribution in [0.3, 0.4) is 0 Å². The van der Waals surface area contributed by atoms with Crippen molar-refractivity contribution >= 4 is 11.9 Å². The fourth-order valence-electron chi connectivity index (χ4n) is 4.95. The molecule has 1 amide bonds. The number of likely N-dealkylation sites (tertiary alicyclic amines) is 1. The molecule has 2 heterocycles. The van der Waals surface area contributed by atoms with E-state index in [1.54, 1.807) is 7.11 Å². The normalized spacial score (nSPS) is 18.4. The summed E-state index contributed by atoms with van der Waals surface area (Å²) in [4.78, 5) is 24.0. The zero-order chi connectivity index (χ0) is 28.6. The fourth-order valence-corrected chi connectivity index (χ4v) is 4.95. The van der Waals surface area contributed by atoms with E-state index < -0.39 is 12.1 Å². The molecule has 1 saturated heterocycles. The van der Waals surface area contributed by atoms with Crippen molar-refractivity contribution in [1.29, 1.82) is 0 Å². The van der Waals surface area contributed by atoms with Gasteiger partial charge in [-0.05, 0) is 54.5 Å². The van der Waals surface area contributed by atoms with Crippen molar-refractivity contribution in [2.24, 2.45) is 5.92 Å². The molecule has 1 atom stereocenters. The van der Waals surface area contributed by atoms with Crippen LogP contribution in [0, 0.1) is 5.92 Å². The molecule has 0 radical (unpaired) electrons. The standard InChI is InChI=1S/C27H36N2O3.C2HF3O2/c1-20(2)18-28-26(30)16-22-17-27(32-25-7-5-4-6-24(22)25)12-14-29(15-13-27)19-21-8-10-23(31-3)11-9-21;3-2(4,5)1(6)7/h4-11,20,22H,12-19H2,1-3H3,(H,28,30);(H,6,7). The number of carbonyl (C=O) groups is 2. The number of piperidine rings is 1. The van der Waals surface area contributed by atoms with Crippen molar-refractivity contribution in [2.75, 3.05) is 26.7 Å². The summed E-state index contributed by atoms with van der Waals surface area (Å²) >= 11 is 0. The molecule has 1 fully saturated rings. The number of methoxy groups -OCH3 is 1. The van der Waals surface area contributed by atoms with Crippen molar-refractivity contribution < 1.29 is 37.3 Å². The van der Waals surface area contributed by atoms with Crippen LogP contribution in [-0.2, 0) is 16.1 Å². The summed E-state index contributed by atoms with van der Waals surface area (Å²) in [6, 6.07) is 16.6. The molecular formula is C29H37F3N2O5. The number of carboxylic acids is 1. The van der Waals surface area contributed by atoms with Gasteiger partial charge in [-0.1, -0.05) is 44.2 Å². The quantitative estimate of drug-likeness (QED) is 0.481. The second kappa shape index (κ2) is 13.2. The van der Waals surface area contributed by atoms with Gasteiger partial charge in [-0.3, -0.25) is 9.69 Å². The number of alkyl halides is 3. The number of ether oxygens (including phenoxy) is 2. The lowest BCUT2D eigenvalue weighted by atomic mass is 9.76. The SMILES string of the molecule is COc1ccc(CN2CCC3(CC2)CC(CC(=O)NCC(C)C)c2ccccc2O3)cc1.O=C(O)C(F)(F)F. The van der Waals surface area contributed by atoms with Gasteiger partial charge in [0.1, 0.15) is 17.1 Å². The first kappa shape index (κ1) is 30.3. The van der Waals surface area contributed by atoms with Gasteiger partial charge in [0.15, 0.2) is 0 Å². The second-order valence-electron chi connectivity index (χ2n) is 10.6. The highest BCUT2D eigenvalue weighted by Gasteiger charge is 2.43. The topological polar surface area (TPSA) is 88.1 Å². The van der Waals surface area contributed by atoms with Gasteiger partial charge < -0.3 is 19.9 Å². The molecule has 2 aromatic carbocycles. The van der Waals surface area contributed by atoms with Crippen LogP contribution in [0.2, 0.25) is 0 Å². The van der Waals surface area contributed by atoms with E-state index in [9.17, 15) is 18.0 Å². The molecule has 1 unspecified atom stereocenters. The number of halogens is 3. The first-order chi connectivity index (χ1) is 18.4. The highest BCUT2D eigenvalue weighted by Crippen LogP contribution is 2.46. The van der Waals surface area contributed by atoms with E-state index in [1.807, 2.05) is 18.2 Å². The van der Waals surface area contributed by atoms with E-state index in [0.717, 1.165) is 56.9 Å². The van der Waals surface area contributed by atoms with Crippen LogP contribution in [0.25, 0.3) is 0 Å². The molecule has 2 aliphatic rings. The minimum Gasteiger partial charge on any atom is -0.497 e. The number of amides is 1. The summed E-state index contributed by atoms with van der Waals surface area (Å²) in [5, 5.41) is 10.2. The Bertz CT molecular complexity index is 1100. The zero-order valence-electron chi connectivity index (χ0n) is 22.6. The lowest BCUT2D eigenvalue weighted by molar-refractivity contribution is -0.192. The first-order valence-corrected chi connectivity index (χ1v) is 13.1. The van der Waals surface area contributed by atoms with Crippen LogP contribution in [0.1, 0.15) is 56.6 Å². The summed E-state index contributed by atoms with van der Waals surface area (Å²) in [6.45, 7) is 7.92. The summed E-state index contributed by atoms with van der Waals surface area (Å²) < 4.78 is 43.6. The summed E-state index contributed by atoms with van der Waals surface area (Å²) in [7, 11) is 1.70. The van der Waals surface area contributed by atoms with Gasteiger partial charge in [-0.2, -0.15) is 13.2 Å². The largest absolute Gasteiger partial charge is 0.497 e. The lowest BCUT2D eigenvalue weighted by Crippen LogP contribution is -2.50. The minimum absolute atomic E-state index is 0.146. The van der Waals surface area contributed by atoms with Crippen LogP contribution in [0.15, 0.2) is 48.5 Å². The number of carboxylic acid groups (broad SMARTS) is 1. The zero-order valence-corrected chi connectivity index (χ0v) is 22.6. The first-order valence-electron chi connectivity index (χ1n) is 13.1. The number of aliphatic carboxylic acids is 1. The van der Waals surface area contributed by atoms with Gasteiger partial charge in [-0.25, -0.2) is 4.79 Å². The Morgan fingerprint density at radius 1 is 1.13 bits per heavy atom. The van der Waals surface area contributed by atoms with Crippen molar-refractivity contribution in [3.8, 4) is 11.5 Å². The Kier molecular flexibility index (Phi) is 10.2. The number of nitrogens with zero attached hydrogens (tertiary/aromatic N) is 1. The van der Waals surface area contributed by atoms with E-state index >= 15 is 0 Å². The number of carbonyl (C=O) groups excluding carboxylic acids is 1. The van der Waals surface area contributed by atoms with Gasteiger partial charge in [-0.15, -0.1) is 0 Å². The van der Waals surface area contributed by atoms with Crippen LogP contribution < -0.4 is 14.8 Å². The third kappa shape index (κ3) is 8.88. The lowest BCUT2D eigenvalue weighted by Gasteiger charge is -2.47. The maximum Gasteiger partial charge on any atom is 0.490 e. The Hall–Kier alpha value is -3.27. The molecule has 0 bridgehead atoms. The minimum atomic E-state index is -5.08. The Morgan fingerprint density at radius 3 is 2.31 bits per heavy atom. The van der Waals surface area contributed by atoms with Crippen LogP contribution >= 0.6 is 0 Å². The van der Waals surface area contributed by atoms with Crippen molar-refractivity contribution in [2.45, 2.75) is 63.8 Å². The number of hydrogen-bond donors (Lipinski definition) is 2. The number of hydrogen-bond acceptors (Lipinski definition) is 5. The third-order valence-electron chi connectivity index (χ3n) is 7.02. The number of para-hydroxylation sites is 1. The molecule has 0 saturated carbocycles. The highest BCUT2D eigenvalue weighted by molar-refractivity contribution is 5.77. The predicted octanol–water partition coefficient (Wildman–Crippen LogP) is 5.39. The third-order valence-corrected chi connectivity index (χ3v) is 7.02. The highest BCUT2D eigenvalue weighted by atomic mass is 19.4. The smallest absolute Gasteiger partial charge is 0.490 e. The molecule has 7 nitrogen and oxygen atoms in total. The molecule has 214 valence electrons. The van der Waals surface area contributed by atoms with E-state index in [2.05, 4.69) is 54.4 Å². The number of benzene rings is 2. The maximum absolute atomic E-state index is 12.6. The summed E-state index contributed by atoms with van der Waals surface area (Å²) in [6.07, 6.45) is -1.66. The maximum atomic E-state index is 12.6. The molecule has 0 aliphatic carbocycles. The molecule has 4 rings (SSSR count). The predicted molar refractivity (Wildman–Crippen MR) is 141 cm³/mol. The molecular weight excluding hydrogens is 513 g/mol. The van der Waals surface area contributed by atoms with Gasteiger partial charge in [0, 0.05) is 38.5 Å². The Balaban J connectivity index is 0.000000532. The number of rotatable bonds is 7. The van der Waals surface area contributed by atoms with Gasteiger partial charge >= 0.3 is 12.1 Å². The molecule has 0 aromatic heterocycles. The van der Waals surface area contributed by atoms with E-state index in [-0.39, 0.29) is 17.4 Å². The number of fused-ring (bicyclic) bond motifs is 1. The van der Waals surface area contributed by atoms with Gasteiger partial charge in [0.25, 0.3) is 0 Å². The average molecular weight is 551 g/mol. The molecule has 39 heavy (non-hydrogen) atoms. The Morgan fingerprint density at radius 2 is 1.74 bits per heavy atom. The fraction of sp³-hybridized carbons (Fsp3) is 0.517. The number of nitrogens with one attached hydrogen (secondary N) is 1. The summed E-state index contributed by atoms with van der Waals surface area (Å²) in [5.74, 6) is -0.0874. The molecule has 1 spiro atoms. The van der Waals surface area contributed by atoms with Crippen molar-refractivity contribution in [3.05, 3.63) is 59.7 Å². The second-order valence-corrected chi connectivity index (χ2v) is 10.6. The summed E-state index contributed by atoms with van der Waals surface area (Å²) in [5.41, 5.74) is 2.31. The van der Waals surface area contributed by atoms with E-state index in [1.165, 1.54) is 11.1 Å². The van der Waals surface area contributed by atoms with Crippen molar-refractivity contribution in [3.63, 3.8) is 0 Å². The average Bonchev–Trinajstić information content (AvgIpc) is 2.89. The molecule has 10 heteroatoms. The van der Waals surface area contributed by atoms with E-state index in [4.69, 9.17) is 19.4 Å². The van der Waals surface area contributed by atoms with Crippen molar-refractivity contribution in [1.82, 2.24) is 10.2 Å². The molecule has 2 aromatic rings. The molecule has 2 aliphatic heterocycles. The van der Waals surface area contributed by atoms with E-state index in [0.29, 0.717) is 12.3 Å².